The summed E-state index contributed by atoms with van der Waals surface area (Å²) in [6.45, 7) is 1.86. The van der Waals surface area contributed by atoms with Crippen molar-refractivity contribution in [2.45, 2.75) is 17.6 Å². The van der Waals surface area contributed by atoms with Gasteiger partial charge in [0.2, 0.25) is 0 Å². The van der Waals surface area contributed by atoms with E-state index in [9.17, 15) is 8.42 Å². The second-order valence-corrected chi connectivity index (χ2v) is 7.22. The molecule has 1 heterocycles. The van der Waals surface area contributed by atoms with E-state index in [1.165, 1.54) is 0 Å². The molecular formula is C15H15NO3S2. The molecule has 1 aromatic heterocycles. The van der Waals surface area contributed by atoms with Gasteiger partial charge in [-0.1, -0.05) is 24.0 Å². The lowest BCUT2D eigenvalue weighted by molar-refractivity contribution is 0.305. The maximum Gasteiger partial charge on any atom is 0.271 e. The van der Waals surface area contributed by atoms with E-state index in [0.717, 1.165) is 16.9 Å². The number of anilines is 1. The number of sulfonamides is 1. The topological polar surface area (TPSA) is 66.4 Å². The van der Waals surface area contributed by atoms with E-state index in [2.05, 4.69) is 16.6 Å². The summed E-state index contributed by atoms with van der Waals surface area (Å²) in [5.74, 6) is 5.68. The minimum absolute atomic E-state index is 0.0187. The molecule has 0 aliphatic rings. The van der Waals surface area contributed by atoms with Crippen LogP contribution in [0.1, 0.15) is 17.5 Å². The normalized spacial score (nSPS) is 10.8. The van der Waals surface area contributed by atoms with E-state index in [1.807, 2.05) is 13.0 Å². The number of benzene rings is 1. The van der Waals surface area contributed by atoms with E-state index < -0.39 is 10.0 Å². The summed E-state index contributed by atoms with van der Waals surface area (Å²) in [6.07, 6.45) is 0.352. The fourth-order valence-corrected chi connectivity index (χ4v) is 3.74. The van der Waals surface area contributed by atoms with Gasteiger partial charge < -0.3 is 5.11 Å². The largest absolute Gasteiger partial charge is 0.395 e. The van der Waals surface area contributed by atoms with Crippen LogP contribution in [0.25, 0.3) is 0 Å². The lowest BCUT2D eigenvalue weighted by Crippen LogP contribution is -2.12. The number of hydrogen-bond donors (Lipinski definition) is 2. The van der Waals surface area contributed by atoms with Crippen molar-refractivity contribution in [1.29, 1.82) is 0 Å². The Balaban J connectivity index is 2.35. The van der Waals surface area contributed by atoms with Crippen LogP contribution >= 0.6 is 11.3 Å². The van der Waals surface area contributed by atoms with E-state index in [1.54, 1.807) is 29.6 Å². The fraction of sp³-hybridized carbons (Fsp3) is 0.200. The first-order chi connectivity index (χ1) is 10.0. The van der Waals surface area contributed by atoms with Crippen molar-refractivity contribution in [1.82, 2.24) is 0 Å². The van der Waals surface area contributed by atoms with Gasteiger partial charge in [-0.25, -0.2) is 8.42 Å². The van der Waals surface area contributed by atoms with Gasteiger partial charge in [0.15, 0.2) is 0 Å². The number of aliphatic hydroxyl groups excluding tert-OH is 1. The average molecular weight is 321 g/mol. The molecule has 0 spiro atoms. The molecule has 2 aromatic rings. The summed E-state index contributed by atoms with van der Waals surface area (Å²) in [5.41, 5.74) is 1.98. The molecule has 0 saturated carbocycles. The zero-order chi connectivity index (χ0) is 15.3. The monoisotopic (exact) mass is 321 g/mol. The molecule has 0 atom stereocenters. The Labute approximate surface area is 128 Å². The molecule has 0 saturated heterocycles. The summed E-state index contributed by atoms with van der Waals surface area (Å²) in [6, 6.07) is 8.63. The number of hydrogen-bond acceptors (Lipinski definition) is 4. The van der Waals surface area contributed by atoms with Gasteiger partial charge in [0.25, 0.3) is 10.0 Å². The van der Waals surface area contributed by atoms with Crippen molar-refractivity contribution >= 4 is 27.0 Å². The second-order valence-electron chi connectivity index (χ2n) is 4.36. The third-order valence-corrected chi connectivity index (χ3v) is 5.40. The zero-order valence-corrected chi connectivity index (χ0v) is 13.1. The van der Waals surface area contributed by atoms with Crippen LogP contribution in [-0.4, -0.2) is 20.1 Å². The Morgan fingerprint density at radius 2 is 2.14 bits per heavy atom. The zero-order valence-electron chi connectivity index (χ0n) is 11.5. The second kappa shape index (κ2) is 6.76. The van der Waals surface area contributed by atoms with Crippen molar-refractivity contribution in [3.63, 3.8) is 0 Å². The molecule has 4 nitrogen and oxygen atoms in total. The molecule has 1 aromatic carbocycles. The number of aryl methyl sites for hydroxylation is 1. The first kappa shape index (κ1) is 15.6. The van der Waals surface area contributed by atoms with Crippen LogP contribution in [0.15, 0.2) is 39.9 Å². The van der Waals surface area contributed by atoms with Crippen LogP contribution in [0.3, 0.4) is 0 Å². The molecule has 2 N–H and O–H groups in total. The summed E-state index contributed by atoms with van der Waals surface area (Å²) in [4.78, 5) is 0. The van der Waals surface area contributed by atoms with Crippen molar-refractivity contribution in [2.75, 3.05) is 11.3 Å². The van der Waals surface area contributed by atoms with Crippen LogP contribution in [-0.2, 0) is 10.0 Å². The summed E-state index contributed by atoms with van der Waals surface area (Å²) in [7, 11) is -3.59. The SMILES string of the molecule is Cc1ccc(C#CCCO)c(NS(=O)(=O)c2cccs2)c1. The van der Waals surface area contributed by atoms with Gasteiger partial charge in [0.1, 0.15) is 4.21 Å². The summed E-state index contributed by atoms with van der Waals surface area (Å²) < 4.78 is 27.4. The predicted octanol–water partition coefficient (Wildman–Crippen LogP) is 2.59. The number of rotatable bonds is 4. The molecule has 110 valence electrons. The first-order valence-corrected chi connectivity index (χ1v) is 8.66. The van der Waals surface area contributed by atoms with Crippen molar-refractivity contribution < 1.29 is 13.5 Å². The van der Waals surface area contributed by atoms with Gasteiger partial charge in [-0.2, -0.15) is 0 Å². The standard InChI is InChI=1S/C15H15NO3S2/c1-12-7-8-13(5-2-3-9-17)14(11-12)16-21(18,19)15-6-4-10-20-15/h4,6-8,10-11,16-17H,3,9H2,1H3. The highest BCUT2D eigenvalue weighted by Crippen LogP contribution is 2.23. The molecule has 0 radical (unpaired) electrons. The lowest BCUT2D eigenvalue weighted by Gasteiger charge is -2.09. The van der Waals surface area contributed by atoms with E-state index in [0.29, 0.717) is 17.7 Å². The maximum absolute atomic E-state index is 12.3. The van der Waals surface area contributed by atoms with Crippen LogP contribution in [0.5, 0.6) is 0 Å². The summed E-state index contributed by atoms with van der Waals surface area (Å²) >= 11 is 1.16. The molecular weight excluding hydrogens is 306 g/mol. The molecule has 0 aliphatic heterocycles. The van der Waals surface area contributed by atoms with Crippen LogP contribution in [0, 0.1) is 18.8 Å². The fourth-order valence-electron chi connectivity index (χ4n) is 1.68. The molecule has 0 bridgehead atoms. The number of aliphatic hydroxyl groups is 1. The van der Waals surface area contributed by atoms with Crippen molar-refractivity contribution in [2.24, 2.45) is 0 Å². The van der Waals surface area contributed by atoms with E-state index in [4.69, 9.17) is 5.11 Å². The Kier molecular flexibility index (Phi) is 5.02. The maximum atomic E-state index is 12.3. The minimum Gasteiger partial charge on any atom is -0.395 e. The van der Waals surface area contributed by atoms with Gasteiger partial charge in [-0.15, -0.1) is 11.3 Å². The molecule has 0 unspecified atom stereocenters. The molecule has 2 rings (SSSR count). The number of nitrogens with one attached hydrogen (secondary N) is 1. The number of thiophene rings is 1. The minimum atomic E-state index is -3.59. The van der Waals surface area contributed by atoms with Crippen molar-refractivity contribution in [3.05, 3.63) is 46.8 Å². The quantitative estimate of drug-likeness (QED) is 0.851. The Bertz CT molecular complexity index is 769. The van der Waals surface area contributed by atoms with Gasteiger partial charge in [-0.05, 0) is 36.1 Å². The Hall–Kier alpha value is -1.81. The van der Waals surface area contributed by atoms with Gasteiger partial charge in [0.05, 0.1) is 12.3 Å². The van der Waals surface area contributed by atoms with E-state index in [-0.39, 0.29) is 10.8 Å². The highest BCUT2D eigenvalue weighted by Gasteiger charge is 2.16. The smallest absolute Gasteiger partial charge is 0.271 e. The molecule has 0 amide bonds. The summed E-state index contributed by atoms with van der Waals surface area (Å²) in [5, 5.41) is 10.5. The Morgan fingerprint density at radius 3 is 2.81 bits per heavy atom. The van der Waals surface area contributed by atoms with Crippen LogP contribution < -0.4 is 4.72 Å². The third kappa shape index (κ3) is 4.08. The van der Waals surface area contributed by atoms with Crippen molar-refractivity contribution in [3.8, 4) is 11.8 Å². The van der Waals surface area contributed by atoms with Crippen LogP contribution in [0.4, 0.5) is 5.69 Å². The molecule has 21 heavy (non-hydrogen) atoms. The first-order valence-electron chi connectivity index (χ1n) is 6.29. The molecule has 0 fully saturated rings. The highest BCUT2D eigenvalue weighted by atomic mass is 32.2. The van der Waals surface area contributed by atoms with Gasteiger partial charge in [0, 0.05) is 12.0 Å². The Morgan fingerprint density at radius 1 is 1.33 bits per heavy atom. The van der Waals surface area contributed by atoms with Gasteiger partial charge in [-0.3, -0.25) is 4.72 Å². The average Bonchev–Trinajstić information content (AvgIpc) is 2.96. The highest BCUT2D eigenvalue weighted by molar-refractivity contribution is 7.94. The van der Waals surface area contributed by atoms with Gasteiger partial charge >= 0.3 is 0 Å². The van der Waals surface area contributed by atoms with E-state index >= 15 is 0 Å². The van der Waals surface area contributed by atoms with Crippen LogP contribution in [0.2, 0.25) is 0 Å². The molecule has 0 aliphatic carbocycles. The lowest BCUT2D eigenvalue weighted by atomic mass is 10.1. The molecule has 6 heteroatoms. The predicted molar refractivity (Wildman–Crippen MR) is 84.9 cm³/mol. The third-order valence-electron chi connectivity index (χ3n) is 2.64.